The van der Waals surface area contributed by atoms with Crippen LogP contribution in [-0.2, 0) is 0 Å². The normalized spacial score (nSPS) is 10.4. The van der Waals surface area contributed by atoms with E-state index in [1.807, 2.05) is 48.5 Å². The molecule has 6 heteroatoms. The molecule has 1 atom stereocenters. The second kappa shape index (κ2) is 7.49. The number of nitrogens with zero attached hydrogens (tertiary/aromatic N) is 2. The van der Waals surface area contributed by atoms with Crippen molar-refractivity contribution in [3.8, 4) is 39.6 Å². The summed E-state index contributed by atoms with van der Waals surface area (Å²) < 4.78 is 16.1. The lowest BCUT2D eigenvalue weighted by atomic mass is 9.99. The highest BCUT2D eigenvalue weighted by Gasteiger charge is 2.18. The van der Waals surface area contributed by atoms with E-state index < -0.39 is 0 Å². The average molecular weight is 354 g/mol. The minimum Gasteiger partial charge on any atom is -0.497 e. The lowest BCUT2D eigenvalue weighted by molar-refractivity contribution is 0.414. The first kappa shape index (κ1) is 17.2. The monoisotopic (exact) mass is 354 g/mol. The van der Waals surface area contributed by atoms with Crippen LogP contribution >= 0.6 is 9.24 Å². The molecule has 1 unspecified atom stereocenters. The van der Waals surface area contributed by atoms with Crippen molar-refractivity contribution in [2.75, 3.05) is 21.3 Å². The Balaban J connectivity index is 2.20. The van der Waals surface area contributed by atoms with E-state index in [-0.39, 0.29) is 0 Å². The van der Waals surface area contributed by atoms with Gasteiger partial charge in [0.15, 0.2) is 5.75 Å². The molecule has 0 aliphatic heterocycles. The maximum absolute atomic E-state index is 5.61. The summed E-state index contributed by atoms with van der Waals surface area (Å²) >= 11 is 0. The molecule has 3 aromatic rings. The Labute approximate surface area is 149 Å². The zero-order valence-electron chi connectivity index (χ0n) is 14.3. The van der Waals surface area contributed by atoms with Crippen LogP contribution in [0.3, 0.4) is 0 Å². The van der Waals surface area contributed by atoms with Crippen LogP contribution in [0.5, 0.6) is 17.2 Å². The van der Waals surface area contributed by atoms with Crippen LogP contribution in [0.4, 0.5) is 0 Å². The molecule has 0 fully saturated rings. The maximum atomic E-state index is 5.61. The molecule has 1 heterocycles. The van der Waals surface area contributed by atoms with E-state index in [9.17, 15) is 0 Å². The van der Waals surface area contributed by atoms with Crippen molar-refractivity contribution >= 4 is 14.7 Å². The number of hydrogen-bond acceptors (Lipinski definition) is 5. The number of aromatic nitrogens is 2. The molecule has 0 bridgehead atoms. The predicted octanol–water partition coefficient (Wildman–Crippen LogP) is 3.34. The fourth-order valence-electron chi connectivity index (χ4n) is 2.62. The molecule has 2 aromatic carbocycles. The van der Waals surface area contributed by atoms with Crippen molar-refractivity contribution in [3.63, 3.8) is 0 Å². The Kier molecular flexibility index (Phi) is 5.15. The molecule has 0 saturated carbocycles. The largest absolute Gasteiger partial charge is 0.497 e. The summed E-state index contributed by atoms with van der Waals surface area (Å²) in [7, 11) is 7.49. The minimum atomic E-state index is 0.658. The molecule has 0 spiro atoms. The van der Waals surface area contributed by atoms with E-state index >= 15 is 0 Å². The third-order valence-electron chi connectivity index (χ3n) is 3.90. The van der Waals surface area contributed by atoms with Gasteiger partial charge < -0.3 is 14.2 Å². The van der Waals surface area contributed by atoms with Crippen LogP contribution in [-0.4, -0.2) is 31.5 Å². The standard InChI is InChI=1S/C19H19N2O3P/c1-22-14-8-4-12(5-9-14)16-17(20-21-19(25)18(16)24-3)13-6-10-15(23-2)11-7-13/h4-11H,25H2,1-3H3. The maximum Gasteiger partial charge on any atom is 0.156 e. The van der Waals surface area contributed by atoms with Crippen molar-refractivity contribution in [1.29, 1.82) is 0 Å². The minimum absolute atomic E-state index is 0.658. The number of methoxy groups -OCH3 is 3. The molecule has 25 heavy (non-hydrogen) atoms. The number of ether oxygens (including phenoxy) is 3. The SMILES string of the molecule is COc1ccc(-c2nnc(P)c(OC)c2-c2ccc(OC)cc2)cc1. The first-order valence-electron chi connectivity index (χ1n) is 7.67. The molecule has 0 aliphatic rings. The van der Waals surface area contributed by atoms with Gasteiger partial charge in [0.2, 0.25) is 0 Å². The smallest absolute Gasteiger partial charge is 0.156 e. The van der Waals surface area contributed by atoms with E-state index in [0.717, 1.165) is 33.9 Å². The van der Waals surface area contributed by atoms with Crippen LogP contribution in [0.2, 0.25) is 0 Å². The molecule has 128 valence electrons. The highest BCUT2D eigenvalue weighted by Crippen LogP contribution is 2.37. The van der Waals surface area contributed by atoms with Gasteiger partial charge in [-0.1, -0.05) is 21.4 Å². The summed E-state index contributed by atoms with van der Waals surface area (Å²) in [5.74, 6) is 2.26. The summed E-state index contributed by atoms with van der Waals surface area (Å²) in [6.45, 7) is 0. The van der Waals surface area contributed by atoms with E-state index in [1.54, 1.807) is 21.3 Å². The highest BCUT2D eigenvalue weighted by molar-refractivity contribution is 7.27. The van der Waals surface area contributed by atoms with Gasteiger partial charge in [-0.25, -0.2) is 0 Å². The van der Waals surface area contributed by atoms with Gasteiger partial charge in [-0.15, -0.1) is 10.2 Å². The molecule has 0 amide bonds. The molecular formula is C19H19N2O3P. The van der Waals surface area contributed by atoms with Gasteiger partial charge in [0.05, 0.1) is 26.9 Å². The second-order valence-electron chi connectivity index (χ2n) is 5.30. The zero-order chi connectivity index (χ0) is 17.8. The van der Waals surface area contributed by atoms with E-state index in [0.29, 0.717) is 11.2 Å². The van der Waals surface area contributed by atoms with Gasteiger partial charge >= 0.3 is 0 Å². The van der Waals surface area contributed by atoms with Crippen molar-refractivity contribution in [3.05, 3.63) is 48.5 Å². The Bertz CT molecular complexity index is 865. The molecule has 0 saturated heterocycles. The predicted molar refractivity (Wildman–Crippen MR) is 102 cm³/mol. The fraction of sp³-hybridized carbons (Fsp3) is 0.158. The molecule has 0 aliphatic carbocycles. The lowest BCUT2D eigenvalue weighted by Gasteiger charge is -2.15. The Morgan fingerprint density at radius 2 is 1.20 bits per heavy atom. The van der Waals surface area contributed by atoms with E-state index in [4.69, 9.17) is 14.2 Å². The lowest BCUT2D eigenvalue weighted by Crippen LogP contribution is -2.09. The van der Waals surface area contributed by atoms with Crippen LogP contribution in [0.25, 0.3) is 22.4 Å². The first-order valence-corrected chi connectivity index (χ1v) is 8.24. The van der Waals surface area contributed by atoms with Crippen molar-refractivity contribution in [2.45, 2.75) is 0 Å². The van der Waals surface area contributed by atoms with E-state index in [1.165, 1.54) is 0 Å². The average Bonchev–Trinajstić information content (AvgIpc) is 2.68. The summed E-state index contributed by atoms with van der Waals surface area (Å²) in [6, 6.07) is 15.5. The number of hydrogen-bond donors (Lipinski definition) is 0. The zero-order valence-corrected chi connectivity index (χ0v) is 15.5. The van der Waals surface area contributed by atoms with Crippen LogP contribution in [0, 0.1) is 0 Å². The Morgan fingerprint density at radius 1 is 0.680 bits per heavy atom. The summed E-state index contributed by atoms with van der Waals surface area (Å²) in [5.41, 5.74) is 4.20. The first-order chi connectivity index (χ1) is 12.2. The van der Waals surface area contributed by atoms with Crippen molar-refractivity contribution < 1.29 is 14.2 Å². The molecule has 1 aromatic heterocycles. The molecule has 5 nitrogen and oxygen atoms in total. The number of rotatable bonds is 5. The van der Waals surface area contributed by atoms with E-state index in [2.05, 4.69) is 19.4 Å². The van der Waals surface area contributed by atoms with Gasteiger partial charge in [-0.3, -0.25) is 0 Å². The molecule has 0 N–H and O–H groups in total. The number of benzene rings is 2. The summed E-state index contributed by atoms with van der Waals surface area (Å²) in [6.07, 6.45) is 0. The van der Waals surface area contributed by atoms with Crippen LogP contribution in [0.1, 0.15) is 0 Å². The second-order valence-corrected chi connectivity index (χ2v) is 5.85. The van der Waals surface area contributed by atoms with Gasteiger partial charge in [0.25, 0.3) is 0 Å². The Morgan fingerprint density at radius 3 is 1.68 bits per heavy atom. The summed E-state index contributed by atoms with van der Waals surface area (Å²) in [5, 5.41) is 8.63. The molecular weight excluding hydrogens is 335 g/mol. The third-order valence-corrected chi connectivity index (χ3v) is 4.28. The fourth-order valence-corrected chi connectivity index (χ4v) is 2.94. The van der Waals surface area contributed by atoms with Gasteiger partial charge in [0, 0.05) is 5.56 Å². The molecule has 0 radical (unpaired) electrons. The van der Waals surface area contributed by atoms with Crippen molar-refractivity contribution in [1.82, 2.24) is 10.2 Å². The third kappa shape index (κ3) is 3.42. The topological polar surface area (TPSA) is 53.5 Å². The summed E-state index contributed by atoms with van der Waals surface area (Å²) in [4.78, 5) is 0. The van der Waals surface area contributed by atoms with Crippen LogP contribution in [0.15, 0.2) is 48.5 Å². The highest BCUT2D eigenvalue weighted by atomic mass is 31.0. The van der Waals surface area contributed by atoms with Gasteiger partial charge in [0.1, 0.15) is 22.6 Å². The quantitative estimate of drug-likeness (QED) is 0.658. The van der Waals surface area contributed by atoms with Crippen molar-refractivity contribution in [2.24, 2.45) is 0 Å². The Hall–Kier alpha value is -2.65. The molecule has 3 rings (SSSR count). The van der Waals surface area contributed by atoms with Gasteiger partial charge in [-0.2, -0.15) is 0 Å². The van der Waals surface area contributed by atoms with Crippen LogP contribution < -0.4 is 19.6 Å². The van der Waals surface area contributed by atoms with Gasteiger partial charge in [-0.05, 0) is 42.0 Å².